The Morgan fingerprint density at radius 3 is 2.61 bits per heavy atom. The first-order valence-electron chi connectivity index (χ1n) is 9.07. The van der Waals surface area contributed by atoms with Crippen LogP contribution in [0.25, 0.3) is 11.1 Å². The van der Waals surface area contributed by atoms with E-state index >= 15 is 0 Å². The third kappa shape index (κ3) is 4.10. The minimum absolute atomic E-state index is 0.0805. The van der Waals surface area contributed by atoms with Gasteiger partial charge in [-0.25, -0.2) is 0 Å². The molecule has 1 aliphatic heterocycles. The van der Waals surface area contributed by atoms with E-state index < -0.39 is 0 Å². The molecule has 2 aromatic heterocycles. The molecular formula is C22H19ClN4O. The number of halogens is 1. The second-order valence-electron chi connectivity index (χ2n) is 6.79. The van der Waals surface area contributed by atoms with Crippen LogP contribution in [0, 0.1) is 0 Å². The lowest BCUT2D eigenvalue weighted by Crippen LogP contribution is -2.41. The van der Waals surface area contributed by atoms with Crippen molar-refractivity contribution >= 4 is 28.9 Å². The molecule has 140 valence electrons. The van der Waals surface area contributed by atoms with Gasteiger partial charge in [0.25, 0.3) is 0 Å². The summed E-state index contributed by atoms with van der Waals surface area (Å²) in [6.45, 7) is 1.53. The maximum Gasteiger partial charge on any atom is 0.217 e. The molecule has 0 fully saturated rings. The monoisotopic (exact) mass is 390 g/mol. The number of hydrogen-bond acceptors (Lipinski definition) is 4. The van der Waals surface area contributed by atoms with Crippen LogP contribution >= 0.6 is 11.6 Å². The van der Waals surface area contributed by atoms with E-state index in [1.165, 1.54) is 6.92 Å². The second-order valence-corrected chi connectivity index (χ2v) is 7.23. The van der Waals surface area contributed by atoms with Crippen LogP contribution in [0.2, 0.25) is 5.02 Å². The Morgan fingerprint density at radius 1 is 1.14 bits per heavy atom. The second kappa shape index (κ2) is 7.90. The summed E-state index contributed by atoms with van der Waals surface area (Å²) in [5, 5.41) is 3.72. The molecule has 3 heterocycles. The van der Waals surface area contributed by atoms with Gasteiger partial charge in [0.1, 0.15) is 0 Å². The number of nitrogens with one attached hydrogen (secondary N) is 1. The van der Waals surface area contributed by atoms with Gasteiger partial charge in [-0.3, -0.25) is 19.8 Å². The van der Waals surface area contributed by atoms with Crippen molar-refractivity contribution in [2.75, 3.05) is 0 Å². The fourth-order valence-corrected chi connectivity index (χ4v) is 3.46. The van der Waals surface area contributed by atoms with Gasteiger partial charge in [-0.05, 0) is 47.9 Å². The summed E-state index contributed by atoms with van der Waals surface area (Å²) in [7, 11) is 0. The number of fused-ring (bicyclic) bond motifs is 1. The van der Waals surface area contributed by atoms with Gasteiger partial charge in [0, 0.05) is 48.2 Å². The van der Waals surface area contributed by atoms with Crippen molar-refractivity contribution in [2.24, 2.45) is 4.99 Å². The predicted molar refractivity (Wildman–Crippen MR) is 111 cm³/mol. The van der Waals surface area contributed by atoms with Gasteiger partial charge < -0.3 is 5.32 Å². The van der Waals surface area contributed by atoms with E-state index in [4.69, 9.17) is 16.6 Å². The molecule has 1 aromatic carbocycles. The summed E-state index contributed by atoms with van der Waals surface area (Å²) in [5.74, 6) is -0.0805. The number of benzene rings is 1. The van der Waals surface area contributed by atoms with Gasteiger partial charge in [-0.15, -0.1) is 0 Å². The minimum Gasteiger partial charge on any atom is -0.348 e. The zero-order valence-electron chi connectivity index (χ0n) is 15.4. The molecule has 6 heteroatoms. The van der Waals surface area contributed by atoms with Crippen LogP contribution < -0.4 is 5.32 Å². The number of rotatable bonds is 5. The van der Waals surface area contributed by atoms with Crippen molar-refractivity contribution in [3.8, 4) is 11.1 Å². The molecule has 0 saturated carbocycles. The Balaban J connectivity index is 1.61. The Kier molecular flexibility index (Phi) is 5.17. The van der Waals surface area contributed by atoms with Crippen molar-refractivity contribution < 1.29 is 4.79 Å². The maximum absolute atomic E-state index is 11.8. The van der Waals surface area contributed by atoms with Crippen LogP contribution in [0.5, 0.6) is 0 Å². The van der Waals surface area contributed by atoms with Crippen molar-refractivity contribution in [3.63, 3.8) is 0 Å². The predicted octanol–water partition coefficient (Wildman–Crippen LogP) is 4.17. The van der Waals surface area contributed by atoms with Gasteiger partial charge in [-0.2, -0.15) is 0 Å². The third-order valence-electron chi connectivity index (χ3n) is 4.71. The van der Waals surface area contributed by atoms with E-state index in [1.54, 1.807) is 12.4 Å². The number of nitrogens with zero attached hydrogens (tertiary/aromatic N) is 3. The number of pyridine rings is 2. The number of aliphatic imine (C=N–C) groups is 1. The number of amides is 1. The summed E-state index contributed by atoms with van der Waals surface area (Å²) in [4.78, 5) is 25.2. The van der Waals surface area contributed by atoms with Crippen LogP contribution in [0.1, 0.15) is 18.2 Å². The average molecular weight is 391 g/mol. The molecule has 1 N–H and O–H groups in total. The zero-order chi connectivity index (χ0) is 19.5. The Hall–Kier alpha value is -3.05. The molecule has 1 aliphatic rings. The highest BCUT2D eigenvalue weighted by Gasteiger charge is 2.25. The number of carbonyl (C=O) groups excluding carboxylic acids is 1. The van der Waals surface area contributed by atoms with Crippen molar-refractivity contribution in [2.45, 2.75) is 25.8 Å². The van der Waals surface area contributed by atoms with Crippen molar-refractivity contribution in [1.29, 1.82) is 0 Å². The lowest BCUT2D eigenvalue weighted by molar-refractivity contribution is -0.119. The average Bonchev–Trinajstić information content (AvgIpc) is 3.13. The molecule has 5 nitrogen and oxygen atoms in total. The van der Waals surface area contributed by atoms with E-state index in [0.29, 0.717) is 17.9 Å². The molecule has 0 bridgehead atoms. The van der Waals surface area contributed by atoms with E-state index in [9.17, 15) is 4.79 Å². The van der Waals surface area contributed by atoms with E-state index in [-0.39, 0.29) is 11.9 Å². The Morgan fingerprint density at radius 2 is 1.89 bits per heavy atom. The molecule has 1 amide bonds. The van der Waals surface area contributed by atoms with Crippen LogP contribution in [0.3, 0.4) is 0 Å². The van der Waals surface area contributed by atoms with E-state index in [2.05, 4.69) is 15.3 Å². The maximum atomic E-state index is 11.8. The summed E-state index contributed by atoms with van der Waals surface area (Å²) in [6.07, 6.45) is 6.66. The largest absolute Gasteiger partial charge is 0.348 e. The molecule has 3 aromatic rings. The third-order valence-corrected chi connectivity index (χ3v) is 4.96. The quantitative estimate of drug-likeness (QED) is 0.710. The highest BCUT2D eigenvalue weighted by molar-refractivity contribution is 6.30. The van der Waals surface area contributed by atoms with Gasteiger partial charge >= 0.3 is 0 Å². The van der Waals surface area contributed by atoms with Gasteiger partial charge in [-0.1, -0.05) is 23.7 Å². The van der Waals surface area contributed by atoms with Crippen LogP contribution in [-0.2, 0) is 17.6 Å². The van der Waals surface area contributed by atoms with Crippen molar-refractivity contribution in [1.82, 2.24) is 15.3 Å². The molecular weight excluding hydrogens is 372 g/mol. The van der Waals surface area contributed by atoms with Gasteiger partial charge in [0.15, 0.2) is 0 Å². The standard InChI is InChI=1S/C22H19ClN4O/c1-14(28)26-20(10-15-2-4-18(23)5-3-15)22-12-19-21(27-22)11-17(13-25-19)16-6-8-24-9-7-16/h2-9,11,13,20H,10,12H2,1H3,(H,26,28)/t20-/m1/s1. The molecule has 28 heavy (non-hydrogen) atoms. The number of hydrogen-bond donors (Lipinski definition) is 1. The van der Waals surface area contributed by atoms with Gasteiger partial charge in [0.05, 0.1) is 17.4 Å². The lowest BCUT2D eigenvalue weighted by atomic mass is 9.99. The topological polar surface area (TPSA) is 67.2 Å². The minimum atomic E-state index is -0.183. The fraction of sp³-hybridized carbons (Fsp3) is 0.182. The Bertz CT molecular complexity index is 1030. The van der Waals surface area contributed by atoms with Crippen LogP contribution in [-0.4, -0.2) is 27.6 Å². The highest BCUT2D eigenvalue weighted by atomic mass is 35.5. The van der Waals surface area contributed by atoms with Gasteiger partial charge in [0.2, 0.25) is 5.91 Å². The molecule has 0 aliphatic carbocycles. The van der Waals surface area contributed by atoms with Crippen LogP contribution in [0.4, 0.5) is 5.69 Å². The number of carbonyl (C=O) groups is 1. The first-order chi connectivity index (χ1) is 13.6. The molecule has 0 unspecified atom stereocenters. The lowest BCUT2D eigenvalue weighted by Gasteiger charge is -2.18. The van der Waals surface area contributed by atoms with E-state index in [0.717, 1.165) is 33.8 Å². The smallest absolute Gasteiger partial charge is 0.217 e. The molecule has 0 saturated heterocycles. The first kappa shape index (κ1) is 18.3. The summed E-state index contributed by atoms with van der Waals surface area (Å²) in [6, 6.07) is 13.4. The molecule has 0 radical (unpaired) electrons. The molecule has 0 spiro atoms. The van der Waals surface area contributed by atoms with Crippen LogP contribution in [0.15, 0.2) is 66.0 Å². The first-order valence-corrected chi connectivity index (χ1v) is 9.44. The highest BCUT2D eigenvalue weighted by Crippen LogP contribution is 2.31. The van der Waals surface area contributed by atoms with Crippen molar-refractivity contribution in [3.05, 3.63) is 77.3 Å². The summed E-state index contributed by atoms with van der Waals surface area (Å²) >= 11 is 5.98. The van der Waals surface area contributed by atoms with E-state index in [1.807, 2.05) is 48.7 Å². The molecule has 4 rings (SSSR count). The Labute approximate surface area is 168 Å². The number of aromatic nitrogens is 2. The SMILES string of the molecule is CC(=O)N[C@H](Cc1ccc(Cl)cc1)C1=Nc2cc(-c3ccncc3)cnc2C1. The fourth-order valence-electron chi connectivity index (χ4n) is 3.34. The zero-order valence-corrected chi connectivity index (χ0v) is 16.1. The molecule has 1 atom stereocenters. The normalized spacial score (nSPS) is 13.6. The summed E-state index contributed by atoms with van der Waals surface area (Å²) in [5.41, 5.74) is 5.84. The summed E-state index contributed by atoms with van der Waals surface area (Å²) < 4.78 is 0.